The third-order valence-corrected chi connectivity index (χ3v) is 2.51. The van der Waals surface area contributed by atoms with Crippen LogP contribution >= 0.6 is 0 Å². The summed E-state index contributed by atoms with van der Waals surface area (Å²) >= 11 is 0. The molecule has 0 bridgehead atoms. The van der Waals surface area contributed by atoms with E-state index in [-0.39, 0.29) is 17.7 Å². The van der Waals surface area contributed by atoms with Crippen LogP contribution in [-0.4, -0.2) is 12.7 Å². The second-order valence-electron chi connectivity index (χ2n) is 3.65. The molecule has 0 aliphatic heterocycles. The van der Waals surface area contributed by atoms with E-state index in [9.17, 15) is 17.6 Å². The Morgan fingerprint density at radius 1 is 1.12 bits per heavy atom. The van der Waals surface area contributed by atoms with Crippen LogP contribution in [0.4, 0.5) is 17.6 Å². The Kier molecular flexibility index (Phi) is 3.57. The van der Waals surface area contributed by atoms with Crippen molar-refractivity contribution in [1.29, 1.82) is 0 Å². The Bertz CT molecular complexity index is 361. The Morgan fingerprint density at radius 3 is 2.12 bits per heavy atom. The fourth-order valence-corrected chi connectivity index (χ4v) is 1.65. The van der Waals surface area contributed by atoms with Gasteiger partial charge in [0.15, 0.2) is 0 Å². The molecule has 0 aromatic heterocycles. The molecule has 0 spiro atoms. The van der Waals surface area contributed by atoms with Gasteiger partial charge in [0.1, 0.15) is 0 Å². The van der Waals surface area contributed by atoms with Gasteiger partial charge in [0.25, 0.3) is 0 Å². The Labute approximate surface area is 91.3 Å². The highest BCUT2D eigenvalue weighted by molar-refractivity contribution is 5.32. The quantitative estimate of drug-likeness (QED) is 0.800. The minimum atomic E-state index is -4.95. The molecule has 1 atom stereocenters. The van der Waals surface area contributed by atoms with E-state index < -0.39 is 18.3 Å². The maximum Gasteiger partial charge on any atom is 0.426 e. The second-order valence-corrected chi connectivity index (χ2v) is 3.65. The Balaban J connectivity index is 3.28. The van der Waals surface area contributed by atoms with Crippen LogP contribution in [0, 0.1) is 6.92 Å². The summed E-state index contributed by atoms with van der Waals surface area (Å²) in [5.74, 6) is 0. The lowest BCUT2D eigenvalue weighted by atomic mass is 9.88. The average Bonchev–Trinajstić information content (AvgIpc) is 2.16. The predicted molar refractivity (Wildman–Crippen MR) is 53.7 cm³/mol. The Hall–Kier alpha value is -1.10. The maximum atomic E-state index is 14.1. The first-order valence-electron chi connectivity index (χ1n) is 4.85. The van der Waals surface area contributed by atoms with Crippen LogP contribution < -0.4 is 5.73 Å². The van der Waals surface area contributed by atoms with Crippen LogP contribution in [0.15, 0.2) is 24.3 Å². The summed E-state index contributed by atoms with van der Waals surface area (Å²) in [5, 5.41) is 0. The molecular formula is C11H13F4N. The van der Waals surface area contributed by atoms with Crippen molar-refractivity contribution >= 4 is 0 Å². The van der Waals surface area contributed by atoms with Crippen LogP contribution in [0.2, 0.25) is 0 Å². The lowest BCUT2D eigenvalue weighted by Gasteiger charge is -2.29. The predicted octanol–water partition coefficient (Wildman–Crippen LogP) is 3.07. The third kappa shape index (κ3) is 2.19. The number of nitrogens with two attached hydrogens (primary N) is 1. The minimum absolute atomic E-state index is 0.274. The largest absolute Gasteiger partial charge is 0.426 e. The van der Waals surface area contributed by atoms with E-state index in [0.717, 1.165) is 6.07 Å². The van der Waals surface area contributed by atoms with Crippen molar-refractivity contribution in [3.8, 4) is 0 Å². The van der Waals surface area contributed by atoms with E-state index in [0.29, 0.717) is 0 Å². The van der Waals surface area contributed by atoms with Crippen molar-refractivity contribution in [2.45, 2.75) is 25.2 Å². The third-order valence-electron chi connectivity index (χ3n) is 2.51. The average molecular weight is 235 g/mol. The number of hydrogen-bond donors (Lipinski definition) is 1. The van der Waals surface area contributed by atoms with Gasteiger partial charge >= 0.3 is 6.18 Å². The molecule has 0 aliphatic rings. The van der Waals surface area contributed by atoms with Crippen molar-refractivity contribution in [1.82, 2.24) is 0 Å². The first-order chi connectivity index (χ1) is 7.33. The summed E-state index contributed by atoms with van der Waals surface area (Å²) in [5.41, 5.74) is 1.62. The molecule has 0 saturated carbocycles. The van der Waals surface area contributed by atoms with E-state index >= 15 is 0 Å². The van der Waals surface area contributed by atoms with Gasteiger partial charge in [-0.05, 0) is 19.0 Å². The maximum absolute atomic E-state index is 14.1. The highest BCUT2D eigenvalue weighted by Gasteiger charge is 2.56. The number of alkyl halides is 4. The molecular weight excluding hydrogens is 222 g/mol. The van der Waals surface area contributed by atoms with Gasteiger partial charge in [-0.1, -0.05) is 24.3 Å². The first-order valence-corrected chi connectivity index (χ1v) is 4.85. The summed E-state index contributed by atoms with van der Waals surface area (Å²) < 4.78 is 52.3. The number of rotatable bonds is 3. The minimum Gasteiger partial charge on any atom is -0.330 e. The second kappa shape index (κ2) is 4.41. The van der Waals surface area contributed by atoms with Gasteiger partial charge in [0.05, 0.1) is 0 Å². The van der Waals surface area contributed by atoms with Gasteiger partial charge < -0.3 is 5.73 Å². The van der Waals surface area contributed by atoms with Gasteiger partial charge in [0.2, 0.25) is 5.67 Å². The molecule has 1 aromatic rings. The Morgan fingerprint density at radius 2 is 1.69 bits per heavy atom. The summed E-state index contributed by atoms with van der Waals surface area (Å²) in [6.07, 6.45) is -5.71. The van der Waals surface area contributed by atoms with Crippen LogP contribution in [0.3, 0.4) is 0 Å². The number of benzene rings is 1. The van der Waals surface area contributed by atoms with Gasteiger partial charge in [-0.15, -0.1) is 0 Å². The van der Waals surface area contributed by atoms with Crippen molar-refractivity contribution in [2.24, 2.45) is 5.73 Å². The molecule has 16 heavy (non-hydrogen) atoms. The molecule has 5 heteroatoms. The number of aryl methyl sites for hydroxylation is 1. The van der Waals surface area contributed by atoms with Crippen molar-refractivity contribution < 1.29 is 17.6 Å². The highest BCUT2D eigenvalue weighted by Crippen LogP contribution is 2.45. The molecule has 1 aromatic carbocycles. The van der Waals surface area contributed by atoms with Crippen molar-refractivity contribution in [3.63, 3.8) is 0 Å². The molecule has 0 amide bonds. The van der Waals surface area contributed by atoms with Gasteiger partial charge in [0, 0.05) is 12.0 Å². The van der Waals surface area contributed by atoms with E-state index in [1.807, 2.05) is 0 Å². The molecule has 1 nitrogen and oxygen atoms in total. The standard InChI is InChI=1S/C11H13F4N/c1-8-4-2-3-5-9(8)10(12,6-7-16)11(13,14)15/h2-5H,6-7,16H2,1H3. The van der Waals surface area contributed by atoms with Gasteiger partial charge in [-0.25, -0.2) is 4.39 Å². The van der Waals surface area contributed by atoms with Crippen LogP contribution in [0.1, 0.15) is 17.5 Å². The van der Waals surface area contributed by atoms with Crippen LogP contribution in [0.25, 0.3) is 0 Å². The summed E-state index contributed by atoms with van der Waals surface area (Å²) in [4.78, 5) is 0. The number of hydrogen-bond acceptors (Lipinski definition) is 1. The fourth-order valence-electron chi connectivity index (χ4n) is 1.65. The van der Waals surface area contributed by atoms with E-state index in [1.54, 1.807) is 6.07 Å². The molecule has 0 saturated heterocycles. The zero-order valence-electron chi connectivity index (χ0n) is 8.81. The lowest BCUT2D eigenvalue weighted by Crippen LogP contribution is -2.40. The molecule has 90 valence electrons. The normalized spacial score (nSPS) is 15.9. The van der Waals surface area contributed by atoms with Crippen molar-refractivity contribution in [2.75, 3.05) is 6.54 Å². The van der Waals surface area contributed by atoms with Gasteiger partial charge in [-0.2, -0.15) is 13.2 Å². The van der Waals surface area contributed by atoms with Crippen LogP contribution in [0.5, 0.6) is 0 Å². The lowest BCUT2D eigenvalue weighted by molar-refractivity contribution is -0.237. The van der Waals surface area contributed by atoms with E-state index in [2.05, 4.69) is 0 Å². The molecule has 0 radical (unpaired) electrons. The fraction of sp³-hybridized carbons (Fsp3) is 0.455. The topological polar surface area (TPSA) is 26.0 Å². The summed E-state index contributed by atoms with van der Waals surface area (Å²) in [6, 6.07) is 5.56. The van der Waals surface area contributed by atoms with Crippen LogP contribution in [-0.2, 0) is 5.67 Å². The zero-order valence-corrected chi connectivity index (χ0v) is 8.81. The smallest absolute Gasteiger partial charge is 0.330 e. The molecule has 0 fully saturated rings. The van der Waals surface area contributed by atoms with Crippen molar-refractivity contribution in [3.05, 3.63) is 35.4 Å². The highest BCUT2D eigenvalue weighted by atomic mass is 19.4. The monoisotopic (exact) mass is 235 g/mol. The molecule has 2 N–H and O–H groups in total. The summed E-state index contributed by atoms with van der Waals surface area (Å²) in [7, 11) is 0. The molecule has 0 heterocycles. The first kappa shape index (κ1) is 13.0. The van der Waals surface area contributed by atoms with Gasteiger partial charge in [-0.3, -0.25) is 0 Å². The van der Waals surface area contributed by atoms with E-state index in [1.165, 1.54) is 19.1 Å². The molecule has 0 aliphatic carbocycles. The van der Waals surface area contributed by atoms with E-state index in [4.69, 9.17) is 5.73 Å². The molecule has 1 rings (SSSR count). The SMILES string of the molecule is Cc1ccccc1C(F)(CCN)C(F)(F)F. The summed E-state index contributed by atoms with van der Waals surface area (Å²) in [6.45, 7) is 1.09. The molecule has 1 unspecified atom stereocenters. The number of halogens is 4. The zero-order chi connectivity index (χ0) is 12.4.